The third-order valence-electron chi connectivity index (χ3n) is 4.85. The first kappa shape index (κ1) is 17.1. The highest BCUT2D eigenvalue weighted by molar-refractivity contribution is 6.14. The second-order valence-electron chi connectivity index (χ2n) is 6.33. The van der Waals surface area contributed by atoms with Crippen LogP contribution >= 0.6 is 0 Å². The van der Waals surface area contributed by atoms with E-state index in [4.69, 9.17) is 4.74 Å². The van der Waals surface area contributed by atoms with Crippen LogP contribution in [-0.2, 0) is 10.3 Å². The summed E-state index contributed by atoms with van der Waals surface area (Å²) in [4.78, 5) is 11.9. The summed E-state index contributed by atoms with van der Waals surface area (Å²) in [6.45, 7) is 0. The van der Waals surface area contributed by atoms with E-state index in [1.807, 2.05) is 0 Å². The highest BCUT2D eigenvalue weighted by atomic mass is 19.4. The molecule has 0 radical (unpaired) electrons. The van der Waals surface area contributed by atoms with Gasteiger partial charge in [0.1, 0.15) is 6.23 Å². The van der Waals surface area contributed by atoms with Crippen molar-refractivity contribution in [1.29, 1.82) is 0 Å². The predicted octanol–water partition coefficient (Wildman–Crippen LogP) is 4.90. The quantitative estimate of drug-likeness (QED) is 0.569. The van der Waals surface area contributed by atoms with E-state index in [1.165, 1.54) is 24.3 Å². The minimum Gasteiger partial charge on any atom is -0.359 e. The number of anilines is 1. The van der Waals surface area contributed by atoms with Gasteiger partial charge in [0, 0.05) is 16.5 Å². The fourth-order valence-electron chi connectivity index (χ4n) is 3.71. The summed E-state index contributed by atoms with van der Waals surface area (Å²) in [7, 11) is 0. The van der Waals surface area contributed by atoms with Gasteiger partial charge in [-0.15, -0.1) is 0 Å². The number of benzene rings is 2. The van der Waals surface area contributed by atoms with Crippen molar-refractivity contribution in [2.45, 2.75) is 37.0 Å². The molecular weight excluding hydrogens is 364 g/mol. The number of nitrogens with one attached hydrogen (secondary N) is 1. The molecule has 0 unspecified atom stereocenters. The number of ether oxygens (including phenoxy) is 1. The molecule has 26 heavy (non-hydrogen) atoms. The average molecular weight is 375 g/mol. The van der Waals surface area contributed by atoms with Crippen molar-refractivity contribution in [1.82, 2.24) is 0 Å². The van der Waals surface area contributed by atoms with Crippen molar-refractivity contribution in [2.75, 3.05) is 5.32 Å². The van der Waals surface area contributed by atoms with E-state index in [-0.39, 0.29) is 22.9 Å². The Morgan fingerprint density at radius 3 is 2.38 bits per heavy atom. The first-order valence-electron chi connectivity index (χ1n) is 7.73. The number of hydrogen-bond donors (Lipinski definition) is 1. The molecule has 0 aromatic heterocycles. The van der Waals surface area contributed by atoms with Gasteiger partial charge in [-0.25, -0.2) is 0 Å². The first-order valence-corrected chi connectivity index (χ1v) is 7.73. The molecule has 4 rings (SSSR count). The van der Waals surface area contributed by atoms with Crippen molar-refractivity contribution >= 4 is 22.2 Å². The molecule has 9 heteroatoms. The Morgan fingerprint density at radius 1 is 1.12 bits per heavy atom. The zero-order chi connectivity index (χ0) is 18.9. The molecule has 1 fully saturated rings. The van der Waals surface area contributed by atoms with Crippen molar-refractivity contribution in [3.8, 4) is 0 Å². The predicted molar refractivity (Wildman–Crippen MR) is 79.8 cm³/mol. The SMILES string of the molecule is O=C(c1cc2c(c3ccccc13)N[C@H]1CC[C@@]2(C(F)(F)F)O1)C(F)(F)F. The molecule has 2 atom stereocenters. The van der Waals surface area contributed by atoms with Crippen LogP contribution in [0.25, 0.3) is 10.8 Å². The van der Waals surface area contributed by atoms with E-state index in [1.54, 1.807) is 0 Å². The number of rotatable bonds is 1. The van der Waals surface area contributed by atoms with Gasteiger partial charge in [0.05, 0.1) is 5.69 Å². The van der Waals surface area contributed by atoms with E-state index < -0.39 is 47.5 Å². The van der Waals surface area contributed by atoms with Crippen LogP contribution in [0.1, 0.15) is 28.8 Å². The second kappa shape index (κ2) is 5.12. The van der Waals surface area contributed by atoms with Crippen molar-refractivity contribution in [3.63, 3.8) is 0 Å². The lowest BCUT2D eigenvalue weighted by molar-refractivity contribution is -0.278. The zero-order valence-corrected chi connectivity index (χ0v) is 13.0. The summed E-state index contributed by atoms with van der Waals surface area (Å²) in [6, 6.07) is 6.27. The zero-order valence-electron chi connectivity index (χ0n) is 13.0. The minimum absolute atomic E-state index is 0.0467. The van der Waals surface area contributed by atoms with Crippen molar-refractivity contribution in [3.05, 3.63) is 41.5 Å². The fourth-order valence-corrected chi connectivity index (χ4v) is 3.71. The largest absolute Gasteiger partial charge is 0.454 e. The summed E-state index contributed by atoms with van der Waals surface area (Å²) in [5, 5.41) is 2.89. The van der Waals surface area contributed by atoms with Gasteiger partial charge in [0.15, 0.2) is 5.60 Å². The second-order valence-corrected chi connectivity index (χ2v) is 6.33. The lowest BCUT2D eigenvalue weighted by atomic mass is 9.84. The number of fused-ring (bicyclic) bond motifs is 6. The molecule has 3 nitrogen and oxygen atoms in total. The standard InChI is InChI=1S/C17H11F6NO2/c18-16(19,20)14(25)10-7-11-13(9-4-2-1-3-8(9)10)24-12-5-6-15(11,26-12)17(21,22)23/h1-4,7,12,24H,5-6H2/t12-,15-/m1/s1. The van der Waals surface area contributed by atoms with Crippen LogP contribution in [0.2, 0.25) is 0 Å². The van der Waals surface area contributed by atoms with Crippen molar-refractivity contribution in [2.24, 2.45) is 0 Å². The Morgan fingerprint density at radius 2 is 1.77 bits per heavy atom. The van der Waals surface area contributed by atoms with E-state index in [9.17, 15) is 31.1 Å². The maximum atomic E-state index is 13.8. The van der Waals surface area contributed by atoms with E-state index in [0.717, 1.165) is 0 Å². The number of alkyl halides is 6. The van der Waals surface area contributed by atoms with Crippen LogP contribution in [0.15, 0.2) is 30.3 Å². The van der Waals surface area contributed by atoms with Crippen molar-refractivity contribution < 1.29 is 35.9 Å². The number of carbonyl (C=O) groups excluding carboxylic acids is 1. The van der Waals surface area contributed by atoms with E-state index >= 15 is 0 Å². The summed E-state index contributed by atoms with van der Waals surface area (Å²) in [5.41, 5.74) is -3.95. The molecule has 1 saturated heterocycles. The Hall–Kier alpha value is -2.29. The van der Waals surface area contributed by atoms with Crippen LogP contribution in [0.4, 0.5) is 32.0 Å². The summed E-state index contributed by atoms with van der Waals surface area (Å²) in [5.74, 6) is -2.19. The molecule has 2 aromatic carbocycles. The molecule has 0 amide bonds. The maximum Gasteiger partial charge on any atom is 0.454 e. The molecule has 2 aromatic rings. The van der Waals surface area contributed by atoms with Crippen LogP contribution in [0.3, 0.4) is 0 Å². The van der Waals surface area contributed by atoms with Crippen LogP contribution < -0.4 is 5.32 Å². The summed E-state index contributed by atoms with van der Waals surface area (Å²) < 4.78 is 85.5. The molecule has 138 valence electrons. The molecule has 0 aliphatic carbocycles. The fraction of sp³-hybridized carbons (Fsp3) is 0.353. The first-order chi connectivity index (χ1) is 12.0. The topological polar surface area (TPSA) is 38.3 Å². The van der Waals surface area contributed by atoms with E-state index in [2.05, 4.69) is 5.32 Å². The number of Topliss-reactive ketones (excluding diaryl/α,β-unsaturated/α-hetero) is 1. The van der Waals surface area contributed by atoms with Gasteiger partial charge in [-0.05, 0) is 24.3 Å². The van der Waals surface area contributed by atoms with Gasteiger partial charge in [-0.3, -0.25) is 4.79 Å². The highest BCUT2D eigenvalue weighted by Gasteiger charge is 2.64. The third kappa shape index (κ3) is 2.22. The van der Waals surface area contributed by atoms with Gasteiger partial charge in [0.2, 0.25) is 0 Å². The lowest BCUT2D eigenvalue weighted by Gasteiger charge is -2.38. The normalized spacial score (nSPS) is 25.1. The Balaban J connectivity index is 2.08. The molecular formula is C17H11F6NO2. The lowest BCUT2D eigenvalue weighted by Crippen LogP contribution is -2.46. The summed E-state index contributed by atoms with van der Waals surface area (Å²) >= 11 is 0. The van der Waals surface area contributed by atoms with Gasteiger partial charge in [-0.2, -0.15) is 26.3 Å². The molecule has 2 aliphatic rings. The number of ketones is 1. The van der Waals surface area contributed by atoms with Gasteiger partial charge < -0.3 is 10.1 Å². The van der Waals surface area contributed by atoms with Crippen LogP contribution in [-0.4, -0.2) is 24.4 Å². The number of hydrogen-bond acceptors (Lipinski definition) is 3. The number of carbonyl (C=O) groups is 1. The van der Waals surface area contributed by atoms with Gasteiger partial charge >= 0.3 is 12.4 Å². The Bertz CT molecular complexity index is 920. The monoisotopic (exact) mass is 375 g/mol. The van der Waals surface area contributed by atoms with Gasteiger partial charge in [-0.1, -0.05) is 24.3 Å². The summed E-state index contributed by atoms with van der Waals surface area (Å²) in [6.07, 6.45) is -11.3. The van der Waals surface area contributed by atoms with Crippen LogP contribution in [0, 0.1) is 0 Å². The van der Waals surface area contributed by atoms with E-state index in [0.29, 0.717) is 6.07 Å². The molecule has 0 saturated carbocycles. The average Bonchev–Trinajstić information content (AvgIpc) is 2.92. The van der Waals surface area contributed by atoms with Gasteiger partial charge in [0.25, 0.3) is 5.78 Å². The molecule has 1 N–H and O–H groups in total. The molecule has 0 spiro atoms. The van der Waals surface area contributed by atoms with Crippen LogP contribution in [0.5, 0.6) is 0 Å². The third-order valence-corrected chi connectivity index (χ3v) is 4.85. The smallest absolute Gasteiger partial charge is 0.359 e. The Labute approximate surface area is 142 Å². The Kier molecular flexibility index (Phi) is 3.38. The molecule has 2 heterocycles. The minimum atomic E-state index is -5.20. The highest BCUT2D eigenvalue weighted by Crippen LogP contribution is 2.57. The molecule has 2 bridgehead atoms. The molecule has 2 aliphatic heterocycles. The number of halogens is 6. The maximum absolute atomic E-state index is 13.8.